The number of nitrogens with zero attached hydrogens (tertiary/aromatic N) is 2. The molecule has 1 saturated carbocycles. The van der Waals surface area contributed by atoms with Gasteiger partial charge in [0.25, 0.3) is 0 Å². The van der Waals surface area contributed by atoms with Crippen LogP contribution in [0.2, 0.25) is 0 Å². The van der Waals surface area contributed by atoms with E-state index < -0.39 is 0 Å². The third-order valence-electron chi connectivity index (χ3n) is 13.2. The van der Waals surface area contributed by atoms with E-state index in [0.29, 0.717) is 29.6 Å². The second kappa shape index (κ2) is 17.0. The molecule has 1 fully saturated rings. The number of allylic oxidation sites excluding steroid dienone is 6. The van der Waals surface area contributed by atoms with Gasteiger partial charge in [-0.2, -0.15) is 0 Å². The summed E-state index contributed by atoms with van der Waals surface area (Å²) in [6.07, 6.45) is 43.7. The lowest BCUT2D eigenvalue weighted by Gasteiger charge is -2.48. The molecular weight excluding hydrogens is 581 g/mol. The Morgan fingerprint density at radius 1 is 0.604 bits per heavy atom. The number of hydrogen-bond acceptors (Lipinski definition) is 2. The summed E-state index contributed by atoms with van der Waals surface area (Å²) in [6.45, 7) is 19.2. The van der Waals surface area contributed by atoms with Crippen LogP contribution in [0.15, 0.2) is 59.5 Å². The van der Waals surface area contributed by atoms with Gasteiger partial charge in [-0.05, 0) is 124 Å². The Hall–Kier alpha value is -1.70. The van der Waals surface area contributed by atoms with Crippen LogP contribution in [0.3, 0.4) is 0 Å². The molecule has 5 aliphatic rings. The van der Waals surface area contributed by atoms with E-state index in [1.807, 2.05) is 0 Å². The van der Waals surface area contributed by atoms with Gasteiger partial charge in [0.1, 0.15) is 0 Å². The van der Waals surface area contributed by atoms with E-state index in [9.17, 15) is 0 Å². The average Bonchev–Trinajstić information content (AvgIpc) is 3.08. The zero-order valence-electron chi connectivity index (χ0n) is 32.9. The van der Waals surface area contributed by atoms with Gasteiger partial charge in [0.15, 0.2) is 0 Å². The molecule has 0 bridgehead atoms. The third-order valence-corrected chi connectivity index (χ3v) is 13.2. The highest BCUT2D eigenvalue weighted by atomic mass is 15.2. The van der Waals surface area contributed by atoms with Crippen molar-refractivity contribution in [3.8, 4) is 0 Å². The topological polar surface area (TPSA) is 6.48 Å². The Kier molecular flexibility index (Phi) is 13.3. The standard InChI is InChI=1S/C46H76N2/c1-9-11-13-35-15-23-39(24-16-35)47(41-27-19-37(20-28-41)45(3,4)5)43-31-33-44(34-32-43)48(40-25-17-36(18-26-40)14-12-10-2)42-29-21-38(22-30-42)46(6,7)8/h15,21-23,27,29,33,35-37,39-40,42-43H,9-14,16-20,24-26,28,30-32,34H2,1-8H3/t35?,36?,37?,39-,40?,42+,43?/m0/s1. The predicted octanol–water partition coefficient (Wildman–Crippen LogP) is 13.3. The molecule has 48 heavy (non-hydrogen) atoms. The van der Waals surface area contributed by atoms with Crippen LogP contribution < -0.4 is 0 Å². The Balaban J connectivity index is 1.35. The predicted molar refractivity (Wildman–Crippen MR) is 210 cm³/mol. The maximum absolute atomic E-state index is 2.97. The zero-order valence-corrected chi connectivity index (χ0v) is 32.9. The summed E-state index contributed by atoms with van der Waals surface area (Å²) in [5, 5.41) is 0. The van der Waals surface area contributed by atoms with Crippen molar-refractivity contribution >= 4 is 0 Å². The first-order valence-electron chi connectivity index (χ1n) is 21.0. The largest absolute Gasteiger partial charge is 0.365 e. The van der Waals surface area contributed by atoms with Crippen LogP contribution in [0.25, 0.3) is 0 Å². The van der Waals surface area contributed by atoms with Crippen molar-refractivity contribution < 1.29 is 0 Å². The second-order valence-electron chi connectivity index (χ2n) is 18.8. The van der Waals surface area contributed by atoms with Crippen molar-refractivity contribution in [1.29, 1.82) is 0 Å². The molecule has 2 nitrogen and oxygen atoms in total. The molecule has 5 rings (SSSR count). The summed E-state index contributed by atoms with van der Waals surface area (Å²) >= 11 is 0. The summed E-state index contributed by atoms with van der Waals surface area (Å²) in [5.41, 5.74) is 5.50. The fourth-order valence-corrected chi connectivity index (χ4v) is 9.95. The molecule has 0 heterocycles. The summed E-state index contributed by atoms with van der Waals surface area (Å²) in [4.78, 5) is 5.94. The molecule has 0 saturated heterocycles. The molecule has 3 unspecified atom stereocenters. The fourth-order valence-electron chi connectivity index (χ4n) is 9.95. The Morgan fingerprint density at radius 3 is 1.79 bits per heavy atom. The molecule has 0 radical (unpaired) electrons. The van der Waals surface area contributed by atoms with Gasteiger partial charge in [-0.25, -0.2) is 0 Å². The smallest absolute Gasteiger partial charge is 0.0510 e. The van der Waals surface area contributed by atoms with E-state index in [4.69, 9.17) is 0 Å². The van der Waals surface area contributed by atoms with Crippen LogP contribution in [-0.4, -0.2) is 34.0 Å². The van der Waals surface area contributed by atoms with Crippen molar-refractivity contribution in [2.45, 2.75) is 202 Å². The van der Waals surface area contributed by atoms with Crippen molar-refractivity contribution in [3.63, 3.8) is 0 Å². The van der Waals surface area contributed by atoms with E-state index in [-0.39, 0.29) is 5.41 Å². The van der Waals surface area contributed by atoms with Crippen molar-refractivity contribution in [2.24, 2.45) is 28.6 Å². The van der Waals surface area contributed by atoms with Gasteiger partial charge < -0.3 is 9.80 Å². The van der Waals surface area contributed by atoms with Crippen molar-refractivity contribution in [2.75, 3.05) is 0 Å². The van der Waals surface area contributed by atoms with Gasteiger partial charge >= 0.3 is 0 Å². The minimum absolute atomic E-state index is 0.231. The Morgan fingerprint density at radius 2 is 1.27 bits per heavy atom. The van der Waals surface area contributed by atoms with Gasteiger partial charge in [-0.1, -0.05) is 130 Å². The number of hydrogen-bond donors (Lipinski definition) is 0. The second-order valence-corrected chi connectivity index (χ2v) is 18.8. The number of rotatable bonds is 12. The molecule has 0 aromatic heterocycles. The van der Waals surface area contributed by atoms with E-state index >= 15 is 0 Å². The Bertz CT molecular complexity index is 1160. The van der Waals surface area contributed by atoms with Crippen LogP contribution >= 0.6 is 0 Å². The fraction of sp³-hybridized carbons (Fsp3) is 0.783. The average molecular weight is 657 g/mol. The minimum atomic E-state index is 0.231. The van der Waals surface area contributed by atoms with E-state index in [0.717, 1.165) is 17.8 Å². The normalized spacial score (nSPS) is 31.6. The lowest BCUT2D eigenvalue weighted by Crippen LogP contribution is -2.47. The summed E-state index contributed by atoms with van der Waals surface area (Å²) in [5.74, 6) is 2.57. The van der Waals surface area contributed by atoms with E-state index in [1.54, 1.807) is 11.4 Å². The van der Waals surface area contributed by atoms with E-state index in [2.05, 4.69) is 108 Å². The molecule has 0 aliphatic heterocycles. The highest BCUT2D eigenvalue weighted by Crippen LogP contribution is 2.43. The van der Waals surface area contributed by atoms with Crippen LogP contribution in [0.5, 0.6) is 0 Å². The van der Waals surface area contributed by atoms with Crippen LogP contribution in [-0.2, 0) is 0 Å². The van der Waals surface area contributed by atoms with Crippen LogP contribution in [0.1, 0.15) is 177 Å². The lowest BCUT2D eigenvalue weighted by molar-refractivity contribution is 0.120. The van der Waals surface area contributed by atoms with Gasteiger partial charge in [-0.3, -0.25) is 0 Å². The summed E-state index contributed by atoms with van der Waals surface area (Å²) in [7, 11) is 0. The highest BCUT2D eigenvalue weighted by Gasteiger charge is 2.37. The molecule has 2 heteroatoms. The lowest BCUT2D eigenvalue weighted by atomic mass is 9.73. The maximum atomic E-state index is 2.97. The summed E-state index contributed by atoms with van der Waals surface area (Å²) in [6, 6.07) is 2.44. The van der Waals surface area contributed by atoms with Crippen molar-refractivity contribution in [3.05, 3.63) is 59.5 Å². The minimum Gasteiger partial charge on any atom is -0.365 e. The SMILES string of the molecule is CCCCC1C=C[C@H](N(C2=CCC(C(C)(C)C)CC2)C2CC=C(N(C3CCC(CCCC)CC3)[C@@H]3C=CC(C(C)(C)C)=CC3)CC2)CC1. The monoisotopic (exact) mass is 657 g/mol. The van der Waals surface area contributed by atoms with Crippen LogP contribution in [0.4, 0.5) is 0 Å². The number of unbranched alkanes of at least 4 members (excludes halogenated alkanes) is 2. The molecule has 0 aromatic carbocycles. The van der Waals surface area contributed by atoms with Crippen molar-refractivity contribution in [1.82, 2.24) is 9.80 Å². The van der Waals surface area contributed by atoms with Crippen LogP contribution in [0, 0.1) is 28.6 Å². The van der Waals surface area contributed by atoms with Gasteiger partial charge in [0.05, 0.1) is 6.04 Å². The molecular formula is C46H76N2. The first-order chi connectivity index (χ1) is 23.0. The molecule has 0 aromatic rings. The van der Waals surface area contributed by atoms with E-state index in [1.165, 1.54) is 128 Å². The molecule has 5 aliphatic carbocycles. The molecule has 0 amide bonds. The quantitative estimate of drug-likeness (QED) is 0.193. The third kappa shape index (κ3) is 9.75. The van der Waals surface area contributed by atoms with Gasteiger partial charge in [0.2, 0.25) is 0 Å². The maximum Gasteiger partial charge on any atom is 0.0510 e. The molecule has 270 valence electrons. The highest BCUT2D eigenvalue weighted by molar-refractivity contribution is 5.31. The summed E-state index contributed by atoms with van der Waals surface area (Å²) < 4.78 is 0. The van der Waals surface area contributed by atoms with Gasteiger partial charge in [0, 0.05) is 29.5 Å². The van der Waals surface area contributed by atoms with Gasteiger partial charge in [-0.15, -0.1) is 0 Å². The molecule has 0 spiro atoms. The molecule has 5 atom stereocenters. The zero-order chi connectivity index (χ0) is 34.3. The molecule has 0 N–H and O–H groups in total. The Labute approximate surface area is 298 Å². The first kappa shape index (κ1) is 37.6. The first-order valence-corrected chi connectivity index (χ1v) is 21.0.